The van der Waals surface area contributed by atoms with Crippen molar-refractivity contribution in [2.75, 3.05) is 20.1 Å². The number of halogens is 4. The highest BCUT2D eigenvalue weighted by Crippen LogP contribution is 2.32. The van der Waals surface area contributed by atoms with E-state index in [2.05, 4.69) is 45.3 Å². The van der Waals surface area contributed by atoms with Gasteiger partial charge in [0.05, 0.1) is 22.9 Å². The average molecular weight is 594 g/mol. The number of piperidine rings is 1. The number of likely N-dealkylation sites (tertiary alicyclic amines) is 1. The molecule has 42 heavy (non-hydrogen) atoms. The molecule has 7 nitrogen and oxygen atoms in total. The van der Waals surface area contributed by atoms with Gasteiger partial charge in [0.1, 0.15) is 5.82 Å². The molecule has 1 aromatic heterocycles. The zero-order valence-corrected chi connectivity index (χ0v) is 25.2. The Bertz CT molecular complexity index is 1200. The summed E-state index contributed by atoms with van der Waals surface area (Å²) in [6, 6.07) is 13.5. The van der Waals surface area contributed by atoms with E-state index in [-0.39, 0.29) is 11.0 Å². The fourth-order valence-corrected chi connectivity index (χ4v) is 3.29. The topological polar surface area (TPSA) is 93.9 Å². The fourth-order valence-electron chi connectivity index (χ4n) is 3.29. The number of carbonyl (C=O) groups is 1. The zero-order valence-electron chi connectivity index (χ0n) is 25.2. The number of allylic oxidation sites excluding steroid dienone is 1. The number of nitrogens with one attached hydrogen (secondary N) is 1. The van der Waals surface area contributed by atoms with Gasteiger partial charge in [-0.2, -0.15) is 13.2 Å². The first-order chi connectivity index (χ1) is 19.9. The van der Waals surface area contributed by atoms with E-state index >= 15 is 0 Å². The minimum Gasteiger partial charge on any atom is -0.481 e. The molecule has 1 fully saturated rings. The third-order valence-electron chi connectivity index (χ3n) is 5.56. The van der Waals surface area contributed by atoms with Crippen LogP contribution in [-0.4, -0.2) is 58.3 Å². The standard InChI is InChI=1S/C13H23N3.C8H4F4N2.C6H6.C2H4O2.C2H6/c1-5-11(2)10-15-13(14-4)16-8-6-12(3)7-9-16;9-5-2-7-6(13-3-14-7)1-4(5)8(10,11)12;1-2-4-6-5-3-1;1-2(3)4;1-2/h10,12H,2,5-9H2,1,3-4H3;1-3H,(H,13,14);1-6H;1H3,(H,3,4);1-2H3/b14-13?,15-10-;;;;. The maximum atomic E-state index is 12.9. The van der Waals surface area contributed by atoms with Crippen molar-refractivity contribution in [3.8, 4) is 0 Å². The molecule has 1 saturated heterocycles. The van der Waals surface area contributed by atoms with Crippen molar-refractivity contribution in [3.05, 3.63) is 78.4 Å². The quantitative estimate of drug-likeness (QED) is 0.178. The second-order valence-corrected chi connectivity index (χ2v) is 8.89. The van der Waals surface area contributed by atoms with Gasteiger partial charge in [-0.05, 0) is 36.8 Å². The molecule has 2 heterocycles. The van der Waals surface area contributed by atoms with Gasteiger partial charge in [0.25, 0.3) is 5.97 Å². The van der Waals surface area contributed by atoms with Crippen molar-refractivity contribution >= 4 is 29.2 Å². The number of aromatic amines is 1. The number of hydrogen-bond acceptors (Lipinski definition) is 3. The lowest BCUT2D eigenvalue weighted by Gasteiger charge is -2.30. The van der Waals surface area contributed by atoms with Crippen LogP contribution in [0.15, 0.2) is 77.0 Å². The van der Waals surface area contributed by atoms with E-state index in [0.29, 0.717) is 6.07 Å². The highest BCUT2D eigenvalue weighted by Gasteiger charge is 2.34. The molecular weight excluding hydrogens is 550 g/mol. The van der Waals surface area contributed by atoms with Crippen LogP contribution in [0.25, 0.3) is 11.0 Å². The van der Waals surface area contributed by atoms with E-state index in [9.17, 15) is 17.6 Å². The Kier molecular flexibility index (Phi) is 18.8. The van der Waals surface area contributed by atoms with Crippen molar-refractivity contribution in [3.63, 3.8) is 0 Å². The minimum absolute atomic E-state index is 0.165. The molecule has 2 N–H and O–H groups in total. The molecule has 3 aromatic rings. The molecule has 2 aromatic carbocycles. The van der Waals surface area contributed by atoms with Crippen LogP contribution in [0.1, 0.15) is 59.4 Å². The first-order valence-electron chi connectivity index (χ1n) is 13.7. The molecule has 0 saturated carbocycles. The number of imidazole rings is 1. The van der Waals surface area contributed by atoms with Crippen LogP contribution in [-0.2, 0) is 11.0 Å². The molecular formula is C31H43F4N5O2. The van der Waals surface area contributed by atoms with E-state index < -0.39 is 23.5 Å². The maximum absolute atomic E-state index is 12.9. The number of alkyl halides is 3. The average Bonchev–Trinajstić information content (AvgIpc) is 3.43. The number of aromatic nitrogens is 2. The van der Waals surface area contributed by atoms with Crippen molar-refractivity contribution in [2.45, 2.75) is 60.1 Å². The van der Waals surface area contributed by atoms with Crippen LogP contribution in [0.4, 0.5) is 17.6 Å². The maximum Gasteiger partial charge on any atom is 0.419 e. The summed E-state index contributed by atoms with van der Waals surface area (Å²) in [4.78, 5) is 26.0. The molecule has 0 amide bonds. The van der Waals surface area contributed by atoms with Crippen molar-refractivity contribution in [1.29, 1.82) is 0 Å². The lowest BCUT2D eigenvalue weighted by atomic mass is 10.00. The van der Waals surface area contributed by atoms with Gasteiger partial charge in [-0.3, -0.25) is 9.79 Å². The number of H-pyrrole nitrogens is 1. The number of aliphatic carboxylic acids is 1. The van der Waals surface area contributed by atoms with Gasteiger partial charge in [-0.25, -0.2) is 14.4 Å². The van der Waals surface area contributed by atoms with Gasteiger partial charge in [-0.15, -0.1) is 0 Å². The highest BCUT2D eigenvalue weighted by atomic mass is 19.4. The predicted octanol–water partition coefficient (Wildman–Crippen LogP) is 8.27. The van der Waals surface area contributed by atoms with Crippen LogP contribution < -0.4 is 0 Å². The zero-order chi connectivity index (χ0) is 32.1. The smallest absolute Gasteiger partial charge is 0.419 e. The monoisotopic (exact) mass is 593 g/mol. The number of nitrogens with zero attached hydrogens (tertiary/aromatic N) is 4. The first-order valence-corrected chi connectivity index (χ1v) is 13.7. The van der Waals surface area contributed by atoms with Gasteiger partial charge >= 0.3 is 6.18 Å². The number of benzene rings is 2. The van der Waals surface area contributed by atoms with Crippen LogP contribution in [0.3, 0.4) is 0 Å². The van der Waals surface area contributed by atoms with Crippen molar-refractivity contribution in [2.24, 2.45) is 15.9 Å². The van der Waals surface area contributed by atoms with E-state index in [0.717, 1.165) is 50.0 Å². The van der Waals surface area contributed by atoms with E-state index in [4.69, 9.17) is 9.90 Å². The Labute approximate surface area is 246 Å². The van der Waals surface area contributed by atoms with Gasteiger partial charge in [0, 0.05) is 39.3 Å². The molecule has 0 radical (unpaired) electrons. The summed E-state index contributed by atoms with van der Waals surface area (Å²) in [6.45, 7) is 15.5. The summed E-state index contributed by atoms with van der Waals surface area (Å²) in [5.74, 6) is -0.456. The van der Waals surface area contributed by atoms with Gasteiger partial charge in [0.15, 0.2) is 0 Å². The Morgan fingerprint density at radius 1 is 1.14 bits per heavy atom. The number of guanidine groups is 1. The summed E-state index contributed by atoms with van der Waals surface area (Å²) in [5.41, 5.74) is 0.106. The molecule has 4 rings (SSSR count). The lowest BCUT2D eigenvalue weighted by Crippen LogP contribution is -2.37. The van der Waals surface area contributed by atoms with Gasteiger partial charge in [0.2, 0.25) is 5.96 Å². The number of carboxylic acids is 1. The summed E-state index contributed by atoms with van der Waals surface area (Å²) >= 11 is 0. The van der Waals surface area contributed by atoms with Gasteiger partial charge in [-0.1, -0.05) is 70.7 Å². The molecule has 0 spiro atoms. The molecule has 0 atom stereocenters. The third-order valence-corrected chi connectivity index (χ3v) is 5.56. The highest BCUT2D eigenvalue weighted by molar-refractivity contribution is 5.92. The minimum atomic E-state index is -4.68. The van der Waals surface area contributed by atoms with Crippen LogP contribution >= 0.6 is 0 Å². The van der Waals surface area contributed by atoms with Gasteiger partial charge < -0.3 is 15.0 Å². The Morgan fingerprint density at radius 2 is 1.64 bits per heavy atom. The van der Waals surface area contributed by atoms with Crippen molar-refractivity contribution < 1.29 is 27.5 Å². The summed E-state index contributed by atoms with van der Waals surface area (Å²) in [5, 5.41) is 7.42. The van der Waals surface area contributed by atoms with Crippen LogP contribution in [0.5, 0.6) is 0 Å². The SMILES string of the molecule is C=C(/C=N\C(=NC)N1CCC(C)CC1)CC.CC.CC(=O)O.Fc1cc2nc[nH]c2cc1C(F)(F)F.c1ccccc1. The molecule has 0 aliphatic carbocycles. The number of fused-ring (bicyclic) bond motifs is 1. The number of hydrogen-bond donors (Lipinski definition) is 2. The second-order valence-electron chi connectivity index (χ2n) is 8.89. The van der Waals surface area contributed by atoms with Crippen LogP contribution in [0, 0.1) is 11.7 Å². The van der Waals surface area contributed by atoms with E-state index in [1.54, 1.807) is 7.05 Å². The summed E-state index contributed by atoms with van der Waals surface area (Å²) in [6.07, 6.45) is 1.79. The number of carboxylic acid groups (broad SMARTS) is 1. The predicted molar refractivity (Wildman–Crippen MR) is 163 cm³/mol. The van der Waals surface area contributed by atoms with E-state index in [1.807, 2.05) is 56.5 Å². The Morgan fingerprint density at radius 3 is 2.07 bits per heavy atom. The molecule has 1 aliphatic rings. The largest absolute Gasteiger partial charge is 0.481 e. The molecule has 0 bridgehead atoms. The summed E-state index contributed by atoms with van der Waals surface area (Å²) in [7, 11) is 1.80. The molecule has 1 aliphatic heterocycles. The molecule has 0 unspecified atom stereocenters. The van der Waals surface area contributed by atoms with E-state index in [1.165, 1.54) is 19.2 Å². The summed E-state index contributed by atoms with van der Waals surface area (Å²) < 4.78 is 49.5. The third kappa shape index (κ3) is 15.7. The Hall–Kier alpha value is -4.02. The lowest BCUT2D eigenvalue weighted by molar-refractivity contribution is -0.140. The molecule has 232 valence electrons. The van der Waals surface area contributed by atoms with Crippen LogP contribution in [0.2, 0.25) is 0 Å². The first kappa shape index (κ1) is 38.0. The molecule has 11 heteroatoms. The number of aliphatic imine (C=N–C) groups is 2. The second kappa shape index (κ2) is 20.8. The number of rotatable bonds is 2. The fraction of sp³-hybridized carbons (Fsp3) is 0.419. The van der Waals surface area contributed by atoms with Crippen molar-refractivity contribution in [1.82, 2.24) is 14.9 Å². The Balaban J connectivity index is 0.000000583. The normalized spacial score (nSPS) is 13.4.